The van der Waals surface area contributed by atoms with Crippen molar-refractivity contribution < 1.29 is 14.5 Å². The van der Waals surface area contributed by atoms with Gasteiger partial charge in [0.25, 0.3) is 5.69 Å². The zero-order valence-corrected chi connectivity index (χ0v) is 11.4. The van der Waals surface area contributed by atoms with E-state index in [1.165, 1.54) is 24.6 Å². The Bertz CT molecular complexity index is 504. The van der Waals surface area contributed by atoms with Crippen LogP contribution in [-0.4, -0.2) is 17.1 Å². The summed E-state index contributed by atoms with van der Waals surface area (Å²) in [5.41, 5.74) is 0.307. The molecule has 2 rings (SSSR count). The van der Waals surface area contributed by atoms with Crippen molar-refractivity contribution in [2.75, 3.05) is 5.32 Å². The molecular weight excluding hydrogens is 260 g/mol. The molecule has 1 amide bonds. The van der Waals surface area contributed by atoms with Gasteiger partial charge < -0.3 is 4.74 Å². The standard InChI is InChI=1S/C14H18N2O4/c1-10-5-2-3-8-13(10)20-14(17)15-11-6-4-7-12(9-11)16(18)19/h4,6-7,9-10,13H,2-3,5,8H2,1H3,(H,15,17)/t10-,13+/m1/s1. The fourth-order valence-electron chi connectivity index (χ4n) is 2.44. The Labute approximate surface area is 117 Å². The van der Waals surface area contributed by atoms with E-state index in [0.29, 0.717) is 11.6 Å². The van der Waals surface area contributed by atoms with Gasteiger partial charge in [0.05, 0.1) is 10.6 Å². The lowest BCUT2D eigenvalue weighted by Gasteiger charge is -2.28. The molecule has 0 radical (unpaired) electrons. The van der Waals surface area contributed by atoms with E-state index in [1.54, 1.807) is 6.07 Å². The SMILES string of the molecule is C[C@@H]1CCCC[C@@H]1OC(=O)Nc1cccc([N+](=O)[O-])c1. The Morgan fingerprint density at radius 1 is 1.40 bits per heavy atom. The van der Waals surface area contributed by atoms with Gasteiger partial charge >= 0.3 is 6.09 Å². The minimum atomic E-state index is -0.552. The van der Waals surface area contributed by atoms with Crippen LogP contribution in [0.25, 0.3) is 0 Å². The molecule has 108 valence electrons. The number of nitrogens with zero attached hydrogens (tertiary/aromatic N) is 1. The van der Waals surface area contributed by atoms with Crippen LogP contribution in [0.15, 0.2) is 24.3 Å². The van der Waals surface area contributed by atoms with Gasteiger partial charge in [-0.25, -0.2) is 4.79 Å². The summed E-state index contributed by atoms with van der Waals surface area (Å²) in [7, 11) is 0. The zero-order chi connectivity index (χ0) is 14.5. The number of nitrogens with one attached hydrogen (secondary N) is 1. The number of amides is 1. The number of non-ortho nitro benzene ring substituents is 1. The van der Waals surface area contributed by atoms with Crippen LogP contribution in [0.2, 0.25) is 0 Å². The molecule has 1 aliphatic rings. The maximum absolute atomic E-state index is 11.8. The molecule has 0 unspecified atom stereocenters. The summed E-state index contributed by atoms with van der Waals surface area (Å²) >= 11 is 0. The first-order chi connectivity index (χ1) is 9.56. The third-order valence-corrected chi connectivity index (χ3v) is 3.59. The molecule has 0 aliphatic heterocycles. The van der Waals surface area contributed by atoms with E-state index < -0.39 is 11.0 Å². The maximum Gasteiger partial charge on any atom is 0.411 e. The predicted molar refractivity (Wildman–Crippen MR) is 74.6 cm³/mol. The number of anilines is 1. The van der Waals surface area contributed by atoms with E-state index in [-0.39, 0.29) is 11.8 Å². The lowest BCUT2D eigenvalue weighted by molar-refractivity contribution is -0.384. The average Bonchev–Trinajstić information content (AvgIpc) is 2.41. The normalized spacial score (nSPS) is 22.1. The molecule has 0 spiro atoms. The fraction of sp³-hybridized carbons (Fsp3) is 0.500. The number of hydrogen-bond donors (Lipinski definition) is 1. The van der Waals surface area contributed by atoms with Crippen LogP contribution >= 0.6 is 0 Å². The minimum absolute atomic E-state index is 0.0613. The van der Waals surface area contributed by atoms with E-state index in [2.05, 4.69) is 12.2 Å². The van der Waals surface area contributed by atoms with Crippen molar-refractivity contribution in [3.8, 4) is 0 Å². The summed E-state index contributed by atoms with van der Waals surface area (Å²) in [5, 5.41) is 13.2. The summed E-state index contributed by atoms with van der Waals surface area (Å²) in [6, 6.07) is 5.81. The number of carbonyl (C=O) groups excluding carboxylic acids is 1. The Morgan fingerprint density at radius 2 is 2.15 bits per heavy atom. The van der Waals surface area contributed by atoms with Crippen molar-refractivity contribution in [1.82, 2.24) is 0 Å². The number of rotatable bonds is 3. The van der Waals surface area contributed by atoms with Gasteiger partial charge in [-0.05, 0) is 31.2 Å². The van der Waals surface area contributed by atoms with E-state index in [4.69, 9.17) is 4.74 Å². The molecule has 1 N–H and O–H groups in total. The van der Waals surface area contributed by atoms with E-state index in [1.807, 2.05) is 0 Å². The Hall–Kier alpha value is -2.11. The second kappa shape index (κ2) is 6.36. The van der Waals surface area contributed by atoms with Crippen LogP contribution in [0.1, 0.15) is 32.6 Å². The van der Waals surface area contributed by atoms with Crippen molar-refractivity contribution in [2.45, 2.75) is 38.7 Å². The fourth-order valence-corrected chi connectivity index (χ4v) is 2.44. The van der Waals surface area contributed by atoms with Crippen molar-refractivity contribution in [2.24, 2.45) is 5.92 Å². The van der Waals surface area contributed by atoms with E-state index >= 15 is 0 Å². The first-order valence-electron chi connectivity index (χ1n) is 6.78. The van der Waals surface area contributed by atoms with Crippen molar-refractivity contribution in [3.05, 3.63) is 34.4 Å². The predicted octanol–water partition coefficient (Wildman–Crippen LogP) is 3.72. The van der Waals surface area contributed by atoms with Gasteiger partial charge in [0.15, 0.2) is 0 Å². The summed E-state index contributed by atoms with van der Waals surface area (Å²) in [4.78, 5) is 22.0. The third kappa shape index (κ3) is 3.69. The highest BCUT2D eigenvalue weighted by Crippen LogP contribution is 2.26. The van der Waals surface area contributed by atoms with Gasteiger partial charge in [0.2, 0.25) is 0 Å². The first-order valence-corrected chi connectivity index (χ1v) is 6.78. The molecule has 1 aromatic carbocycles. The monoisotopic (exact) mass is 278 g/mol. The Kier molecular flexibility index (Phi) is 4.55. The molecule has 2 atom stereocenters. The number of nitro groups is 1. The third-order valence-electron chi connectivity index (χ3n) is 3.59. The highest BCUT2D eigenvalue weighted by atomic mass is 16.6. The number of carbonyl (C=O) groups is 1. The van der Waals surface area contributed by atoms with Gasteiger partial charge in [0.1, 0.15) is 6.10 Å². The van der Waals surface area contributed by atoms with Crippen LogP contribution in [0.3, 0.4) is 0 Å². The number of nitro benzene ring substituents is 1. The molecule has 1 aliphatic carbocycles. The largest absolute Gasteiger partial charge is 0.446 e. The molecule has 20 heavy (non-hydrogen) atoms. The van der Waals surface area contributed by atoms with Gasteiger partial charge in [-0.3, -0.25) is 15.4 Å². The van der Waals surface area contributed by atoms with Gasteiger partial charge in [-0.15, -0.1) is 0 Å². The minimum Gasteiger partial charge on any atom is -0.446 e. The van der Waals surface area contributed by atoms with Crippen molar-refractivity contribution in [3.63, 3.8) is 0 Å². The molecule has 0 bridgehead atoms. The average molecular weight is 278 g/mol. The second-order valence-electron chi connectivity index (χ2n) is 5.14. The van der Waals surface area contributed by atoms with E-state index in [0.717, 1.165) is 19.3 Å². The molecule has 6 nitrogen and oxygen atoms in total. The second-order valence-corrected chi connectivity index (χ2v) is 5.14. The van der Waals surface area contributed by atoms with Crippen molar-refractivity contribution in [1.29, 1.82) is 0 Å². The maximum atomic E-state index is 11.8. The Balaban J connectivity index is 1.94. The van der Waals surface area contributed by atoms with Crippen LogP contribution in [0.5, 0.6) is 0 Å². The Morgan fingerprint density at radius 3 is 2.85 bits per heavy atom. The lowest BCUT2D eigenvalue weighted by Crippen LogP contribution is -2.30. The summed E-state index contributed by atoms with van der Waals surface area (Å²) < 4.78 is 5.39. The highest BCUT2D eigenvalue weighted by Gasteiger charge is 2.24. The molecular formula is C14H18N2O4. The van der Waals surface area contributed by atoms with Crippen LogP contribution in [-0.2, 0) is 4.74 Å². The summed E-state index contributed by atoms with van der Waals surface area (Å²) in [5.74, 6) is 0.361. The smallest absolute Gasteiger partial charge is 0.411 e. The van der Waals surface area contributed by atoms with Crippen molar-refractivity contribution >= 4 is 17.5 Å². The highest BCUT2D eigenvalue weighted by molar-refractivity contribution is 5.85. The van der Waals surface area contributed by atoms with Crippen LogP contribution in [0.4, 0.5) is 16.2 Å². The van der Waals surface area contributed by atoms with Gasteiger partial charge in [-0.1, -0.05) is 19.4 Å². The molecule has 0 saturated heterocycles. The van der Waals surface area contributed by atoms with Gasteiger partial charge in [0, 0.05) is 12.1 Å². The number of benzene rings is 1. The number of ether oxygens (including phenoxy) is 1. The lowest BCUT2D eigenvalue weighted by atomic mass is 9.88. The van der Waals surface area contributed by atoms with E-state index in [9.17, 15) is 14.9 Å². The molecule has 1 saturated carbocycles. The summed E-state index contributed by atoms with van der Waals surface area (Å²) in [6.45, 7) is 2.07. The first kappa shape index (κ1) is 14.3. The molecule has 0 aromatic heterocycles. The molecule has 1 fully saturated rings. The molecule has 6 heteroatoms. The van der Waals surface area contributed by atoms with Crippen LogP contribution in [0, 0.1) is 16.0 Å². The van der Waals surface area contributed by atoms with Gasteiger partial charge in [-0.2, -0.15) is 0 Å². The number of hydrogen-bond acceptors (Lipinski definition) is 4. The molecule has 1 aromatic rings. The van der Waals surface area contributed by atoms with Crippen LogP contribution < -0.4 is 5.32 Å². The molecule has 0 heterocycles. The topological polar surface area (TPSA) is 81.5 Å². The zero-order valence-electron chi connectivity index (χ0n) is 11.4. The summed E-state index contributed by atoms with van der Waals surface area (Å²) in [6.07, 6.45) is 3.57. The quantitative estimate of drug-likeness (QED) is 0.674.